The van der Waals surface area contributed by atoms with Gasteiger partial charge in [0.15, 0.2) is 11.6 Å². The van der Waals surface area contributed by atoms with Crippen molar-refractivity contribution in [3.63, 3.8) is 0 Å². The smallest absolute Gasteiger partial charge is 0.303 e. The number of thiazole rings is 1. The van der Waals surface area contributed by atoms with E-state index in [-0.39, 0.29) is 40.5 Å². The Morgan fingerprint density at radius 1 is 1.03 bits per heavy atom. The van der Waals surface area contributed by atoms with Gasteiger partial charge in [0, 0.05) is 19.0 Å². The summed E-state index contributed by atoms with van der Waals surface area (Å²) in [4.78, 5) is 28.7. The fourth-order valence-electron chi connectivity index (χ4n) is 3.18. The van der Waals surface area contributed by atoms with E-state index in [2.05, 4.69) is 11.9 Å². The van der Waals surface area contributed by atoms with Gasteiger partial charge in [0.05, 0.1) is 17.7 Å². The third-order valence-electron chi connectivity index (χ3n) is 4.82. The van der Waals surface area contributed by atoms with Gasteiger partial charge in [-0.15, -0.1) is 11.3 Å². The summed E-state index contributed by atoms with van der Waals surface area (Å²) in [7, 11) is 0. The van der Waals surface area contributed by atoms with Crippen LogP contribution in [0.2, 0.25) is 0 Å². The summed E-state index contributed by atoms with van der Waals surface area (Å²) in [6.07, 6.45) is 6.95. The number of benzene rings is 1. The molecule has 0 atom stereocenters. The number of amides is 1. The average Bonchev–Trinajstić information content (AvgIpc) is 3.13. The molecule has 0 aliphatic carbocycles. The molecule has 30 heavy (non-hydrogen) atoms. The predicted octanol–water partition coefficient (Wildman–Crippen LogP) is 5.66. The zero-order valence-electron chi connectivity index (χ0n) is 17.1. The number of fused-ring (bicyclic) bond motifs is 1. The topological polar surface area (TPSA) is 70.5 Å². The van der Waals surface area contributed by atoms with E-state index in [1.165, 1.54) is 24.2 Å². The monoisotopic (exact) mass is 444 g/mol. The van der Waals surface area contributed by atoms with Crippen LogP contribution >= 0.6 is 11.3 Å². The highest BCUT2D eigenvalue weighted by Gasteiger charge is 2.21. The van der Waals surface area contributed by atoms with Crippen LogP contribution < -0.4 is 0 Å². The van der Waals surface area contributed by atoms with Gasteiger partial charge in [-0.2, -0.15) is 0 Å². The van der Waals surface area contributed by atoms with Crippen molar-refractivity contribution in [3.05, 3.63) is 28.5 Å². The van der Waals surface area contributed by atoms with Crippen molar-refractivity contribution in [2.75, 3.05) is 6.54 Å². The number of aromatic nitrogens is 1. The second-order valence-corrected chi connectivity index (χ2v) is 8.35. The van der Waals surface area contributed by atoms with Gasteiger partial charge in [0.1, 0.15) is 16.3 Å². The molecule has 0 aliphatic heterocycles. The number of unbranched alkanes of at least 4 members (excludes halogenated alkanes) is 6. The van der Waals surface area contributed by atoms with Gasteiger partial charge in [-0.05, 0) is 6.42 Å². The first-order chi connectivity index (χ1) is 14.3. The molecule has 166 valence electrons. The van der Waals surface area contributed by atoms with Crippen LogP contribution in [-0.2, 0) is 16.1 Å². The Balaban J connectivity index is 2.05. The lowest BCUT2D eigenvalue weighted by Crippen LogP contribution is -2.31. The minimum Gasteiger partial charge on any atom is -0.481 e. The van der Waals surface area contributed by atoms with Crippen LogP contribution in [0.1, 0.15) is 69.7 Å². The van der Waals surface area contributed by atoms with E-state index in [1.54, 1.807) is 0 Å². The van der Waals surface area contributed by atoms with Gasteiger partial charge < -0.3 is 10.0 Å². The number of carbonyl (C=O) groups excluding carboxylic acids is 1. The molecule has 5 nitrogen and oxygen atoms in total. The highest BCUT2D eigenvalue weighted by molar-refractivity contribution is 7.18. The normalized spacial score (nSPS) is 11.2. The van der Waals surface area contributed by atoms with Crippen LogP contribution in [0, 0.1) is 17.5 Å². The van der Waals surface area contributed by atoms with Crippen molar-refractivity contribution >= 4 is 33.4 Å². The van der Waals surface area contributed by atoms with Crippen molar-refractivity contribution in [3.8, 4) is 0 Å². The zero-order valence-corrected chi connectivity index (χ0v) is 17.9. The lowest BCUT2D eigenvalue weighted by Gasteiger charge is -2.21. The summed E-state index contributed by atoms with van der Waals surface area (Å²) in [5.74, 6) is -4.85. The first kappa shape index (κ1) is 24.1. The fourth-order valence-corrected chi connectivity index (χ4v) is 4.16. The van der Waals surface area contributed by atoms with Crippen molar-refractivity contribution in [2.24, 2.45) is 0 Å². The highest BCUT2D eigenvalue weighted by atomic mass is 32.1. The van der Waals surface area contributed by atoms with Gasteiger partial charge in [0.25, 0.3) is 0 Å². The second kappa shape index (κ2) is 11.9. The van der Waals surface area contributed by atoms with Crippen LogP contribution in [-0.4, -0.2) is 33.4 Å². The number of hydrogen-bond acceptors (Lipinski definition) is 4. The maximum absolute atomic E-state index is 13.9. The van der Waals surface area contributed by atoms with E-state index in [9.17, 15) is 22.8 Å². The standard InChI is InChI=1S/C21H27F3N2O3S/c1-2-3-4-5-6-7-8-11-26(17(27)9-10-18(28)29)13-16-25-20-19(24)14(22)12-15(23)21(20)30-16/h12H,2-11,13H2,1H3,(H,28,29). The molecule has 0 unspecified atom stereocenters. The number of carboxylic acid groups (broad SMARTS) is 1. The first-order valence-corrected chi connectivity index (χ1v) is 11.1. The third kappa shape index (κ3) is 6.97. The number of halogens is 3. The van der Waals surface area contributed by atoms with Gasteiger partial charge in [-0.3, -0.25) is 9.59 Å². The molecule has 1 aromatic heterocycles. The Kier molecular flexibility index (Phi) is 9.55. The molecule has 1 heterocycles. The molecular weight excluding hydrogens is 417 g/mol. The SMILES string of the molecule is CCCCCCCCCN(Cc1nc2c(F)c(F)cc(F)c2s1)C(=O)CCC(=O)O. The average molecular weight is 445 g/mol. The Labute approximate surface area is 177 Å². The predicted molar refractivity (Wildman–Crippen MR) is 110 cm³/mol. The fraction of sp³-hybridized carbons (Fsp3) is 0.571. The maximum Gasteiger partial charge on any atom is 0.303 e. The van der Waals surface area contributed by atoms with Gasteiger partial charge in [-0.25, -0.2) is 18.2 Å². The molecule has 1 aromatic carbocycles. The van der Waals surface area contributed by atoms with E-state index < -0.39 is 23.4 Å². The lowest BCUT2D eigenvalue weighted by molar-refractivity contribution is -0.141. The molecule has 9 heteroatoms. The Hall–Kier alpha value is -2.16. The van der Waals surface area contributed by atoms with E-state index in [0.29, 0.717) is 12.6 Å². The van der Waals surface area contributed by atoms with E-state index in [1.807, 2.05) is 0 Å². The summed E-state index contributed by atoms with van der Waals surface area (Å²) >= 11 is 0.867. The Bertz CT molecular complexity index is 873. The Morgan fingerprint density at radius 3 is 2.37 bits per heavy atom. The molecule has 0 radical (unpaired) electrons. The van der Waals surface area contributed by atoms with Crippen molar-refractivity contribution in [2.45, 2.75) is 71.3 Å². The molecule has 1 N–H and O–H groups in total. The maximum atomic E-state index is 13.9. The van der Waals surface area contributed by atoms with Crippen LogP contribution in [0.15, 0.2) is 6.07 Å². The molecule has 2 rings (SSSR count). The molecule has 1 amide bonds. The molecule has 2 aromatic rings. The molecule has 0 bridgehead atoms. The Morgan fingerprint density at radius 2 is 1.70 bits per heavy atom. The summed E-state index contributed by atoms with van der Waals surface area (Å²) < 4.78 is 41.2. The molecule has 0 fully saturated rings. The summed E-state index contributed by atoms with van der Waals surface area (Å²) in [5, 5.41) is 9.11. The molecule has 0 aliphatic rings. The van der Waals surface area contributed by atoms with Gasteiger partial charge in [0.2, 0.25) is 5.91 Å². The lowest BCUT2D eigenvalue weighted by atomic mass is 10.1. The molecule has 0 saturated carbocycles. The van der Waals surface area contributed by atoms with Crippen LogP contribution in [0.5, 0.6) is 0 Å². The third-order valence-corrected chi connectivity index (χ3v) is 5.87. The first-order valence-electron chi connectivity index (χ1n) is 10.3. The summed E-state index contributed by atoms with van der Waals surface area (Å²) in [6, 6.07) is 0.480. The summed E-state index contributed by atoms with van der Waals surface area (Å²) in [5.41, 5.74) is -0.388. The number of carboxylic acids is 1. The van der Waals surface area contributed by atoms with Crippen molar-refractivity contribution in [1.82, 2.24) is 9.88 Å². The van der Waals surface area contributed by atoms with E-state index >= 15 is 0 Å². The van der Waals surface area contributed by atoms with Gasteiger partial charge >= 0.3 is 5.97 Å². The quantitative estimate of drug-likeness (QED) is 0.320. The van der Waals surface area contributed by atoms with Crippen LogP contribution in [0.4, 0.5) is 13.2 Å². The molecule has 0 saturated heterocycles. The van der Waals surface area contributed by atoms with Crippen molar-refractivity contribution < 1.29 is 27.9 Å². The van der Waals surface area contributed by atoms with E-state index in [0.717, 1.165) is 37.0 Å². The minimum atomic E-state index is -1.31. The molecular formula is C21H27F3N2O3S. The summed E-state index contributed by atoms with van der Waals surface area (Å²) in [6.45, 7) is 2.56. The number of hydrogen-bond donors (Lipinski definition) is 1. The second-order valence-electron chi connectivity index (χ2n) is 7.27. The van der Waals surface area contributed by atoms with Crippen molar-refractivity contribution in [1.29, 1.82) is 0 Å². The van der Waals surface area contributed by atoms with E-state index in [4.69, 9.17) is 5.11 Å². The van der Waals surface area contributed by atoms with Gasteiger partial charge in [-0.1, -0.05) is 45.4 Å². The molecule has 0 spiro atoms. The number of nitrogens with zero attached hydrogens (tertiary/aromatic N) is 2. The number of carbonyl (C=O) groups is 2. The van der Waals surface area contributed by atoms with Crippen LogP contribution in [0.3, 0.4) is 0 Å². The highest BCUT2D eigenvalue weighted by Crippen LogP contribution is 2.29. The minimum absolute atomic E-state index is 0.00807. The number of aliphatic carboxylic acids is 1. The number of rotatable bonds is 13. The van der Waals surface area contributed by atoms with Crippen LogP contribution in [0.25, 0.3) is 10.2 Å². The zero-order chi connectivity index (χ0) is 22.1. The largest absolute Gasteiger partial charge is 0.481 e.